The van der Waals surface area contributed by atoms with Crippen LogP contribution >= 0.6 is 35.3 Å². The normalized spacial score (nSPS) is 16.1. The van der Waals surface area contributed by atoms with Gasteiger partial charge in [0.1, 0.15) is 5.01 Å². The first kappa shape index (κ1) is 25.8. The van der Waals surface area contributed by atoms with Gasteiger partial charge in [-0.25, -0.2) is 4.98 Å². The van der Waals surface area contributed by atoms with E-state index in [0.717, 1.165) is 56.0 Å². The Kier molecular flexibility index (Phi) is 10.5. The first-order chi connectivity index (χ1) is 14.4. The predicted molar refractivity (Wildman–Crippen MR) is 129 cm³/mol. The summed E-state index contributed by atoms with van der Waals surface area (Å²) in [6.07, 6.45) is -4.40. The number of benzene rings is 1. The minimum absolute atomic E-state index is 0. The summed E-state index contributed by atoms with van der Waals surface area (Å²) in [6.45, 7) is 6.88. The average Bonchev–Trinajstić information content (AvgIpc) is 3.22. The molecular weight excluding hydrogens is 540 g/mol. The molecule has 0 amide bonds. The molecular formula is C20H28F3IN6S. The van der Waals surface area contributed by atoms with Crippen molar-refractivity contribution in [2.45, 2.75) is 19.3 Å². The molecule has 31 heavy (non-hydrogen) atoms. The first-order valence-electron chi connectivity index (χ1n) is 9.89. The minimum atomic E-state index is -4.40. The molecule has 0 saturated carbocycles. The number of guanidine groups is 1. The Morgan fingerprint density at radius 1 is 1.10 bits per heavy atom. The predicted octanol–water partition coefficient (Wildman–Crippen LogP) is 3.26. The fourth-order valence-corrected chi connectivity index (χ4v) is 3.99. The number of thiazole rings is 1. The average molecular weight is 568 g/mol. The van der Waals surface area contributed by atoms with E-state index in [-0.39, 0.29) is 30.5 Å². The van der Waals surface area contributed by atoms with Crippen molar-refractivity contribution in [3.63, 3.8) is 0 Å². The minimum Gasteiger partial charge on any atom is -0.355 e. The van der Waals surface area contributed by atoms with E-state index in [1.54, 1.807) is 7.05 Å². The number of nitrogens with one attached hydrogen (secondary N) is 2. The van der Waals surface area contributed by atoms with Crippen LogP contribution in [-0.2, 0) is 19.3 Å². The van der Waals surface area contributed by atoms with Crippen molar-refractivity contribution in [2.24, 2.45) is 4.99 Å². The number of halogens is 4. The highest BCUT2D eigenvalue weighted by molar-refractivity contribution is 14.0. The number of rotatable bonds is 7. The van der Waals surface area contributed by atoms with Crippen LogP contribution in [0.5, 0.6) is 0 Å². The molecule has 1 aromatic heterocycles. The highest BCUT2D eigenvalue weighted by Crippen LogP contribution is 2.29. The molecule has 2 N–H and O–H groups in total. The van der Waals surface area contributed by atoms with E-state index in [2.05, 4.69) is 54.7 Å². The molecule has 1 saturated heterocycles. The standard InChI is InChI=1S/C20H27F3N6S.HI/c1-24-19(26-13-18-27-17(15-30-18)20(21,22)23)25-7-8-28-9-11-29(12-10-28)14-16-5-3-2-4-6-16;/h2-6,15H,7-14H2,1H3,(H2,24,25,26);1H. The molecule has 0 unspecified atom stereocenters. The molecule has 0 aliphatic carbocycles. The quantitative estimate of drug-likeness (QED) is 0.305. The van der Waals surface area contributed by atoms with E-state index in [1.165, 1.54) is 5.56 Å². The van der Waals surface area contributed by atoms with Gasteiger partial charge in [0, 0.05) is 58.2 Å². The lowest BCUT2D eigenvalue weighted by Crippen LogP contribution is -2.48. The third-order valence-electron chi connectivity index (χ3n) is 4.91. The Morgan fingerprint density at radius 2 is 1.77 bits per heavy atom. The Morgan fingerprint density at radius 3 is 2.39 bits per heavy atom. The Labute approximate surface area is 202 Å². The number of piperazine rings is 1. The maximum absolute atomic E-state index is 12.6. The molecule has 0 spiro atoms. The largest absolute Gasteiger partial charge is 0.434 e. The number of aromatic nitrogens is 1. The fraction of sp³-hybridized carbons (Fsp3) is 0.500. The summed E-state index contributed by atoms with van der Waals surface area (Å²) in [5.41, 5.74) is 0.490. The van der Waals surface area contributed by atoms with Crippen LogP contribution in [0.15, 0.2) is 40.7 Å². The van der Waals surface area contributed by atoms with E-state index in [9.17, 15) is 13.2 Å². The van der Waals surface area contributed by atoms with E-state index < -0.39 is 11.9 Å². The number of alkyl halides is 3. The smallest absolute Gasteiger partial charge is 0.355 e. The van der Waals surface area contributed by atoms with Crippen molar-refractivity contribution < 1.29 is 13.2 Å². The molecule has 6 nitrogen and oxygen atoms in total. The topological polar surface area (TPSA) is 55.8 Å². The van der Waals surface area contributed by atoms with Crippen LogP contribution in [0.3, 0.4) is 0 Å². The van der Waals surface area contributed by atoms with Crippen LogP contribution in [0, 0.1) is 0 Å². The van der Waals surface area contributed by atoms with Crippen LogP contribution in [0.25, 0.3) is 0 Å². The maximum atomic E-state index is 12.6. The van der Waals surface area contributed by atoms with Crippen molar-refractivity contribution in [1.82, 2.24) is 25.4 Å². The van der Waals surface area contributed by atoms with Crippen molar-refractivity contribution in [3.8, 4) is 0 Å². The second-order valence-electron chi connectivity index (χ2n) is 7.08. The molecule has 1 aliphatic heterocycles. The zero-order chi connectivity index (χ0) is 21.4. The zero-order valence-electron chi connectivity index (χ0n) is 17.4. The number of hydrogen-bond acceptors (Lipinski definition) is 5. The fourth-order valence-electron chi connectivity index (χ4n) is 3.25. The molecule has 1 fully saturated rings. The summed E-state index contributed by atoms with van der Waals surface area (Å²) < 4.78 is 37.9. The van der Waals surface area contributed by atoms with Crippen LogP contribution < -0.4 is 10.6 Å². The lowest BCUT2D eigenvalue weighted by molar-refractivity contribution is -0.140. The molecule has 0 bridgehead atoms. The summed E-state index contributed by atoms with van der Waals surface area (Å²) in [7, 11) is 1.64. The van der Waals surface area contributed by atoms with Gasteiger partial charge in [0.15, 0.2) is 11.7 Å². The van der Waals surface area contributed by atoms with Gasteiger partial charge in [0.05, 0.1) is 6.54 Å². The SMILES string of the molecule is CN=C(NCCN1CCN(Cc2ccccc2)CC1)NCc1nc(C(F)(F)F)cs1.I. The molecule has 1 aliphatic rings. The van der Waals surface area contributed by atoms with Gasteiger partial charge in [-0.05, 0) is 5.56 Å². The molecule has 11 heteroatoms. The summed E-state index contributed by atoms with van der Waals surface area (Å²) in [5.74, 6) is 0.557. The summed E-state index contributed by atoms with van der Waals surface area (Å²) >= 11 is 0.987. The Bertz CT molecular complexity index is 807. The van der Waals surface area contributed by atoms with Gasteiger partial charge in [-0.15, -0.1) is 35.3 Å². The Balaban J connectivity index is 0.00000341. The third-order valence-corrected chi connectivity index (χ3v) is 5.76. The van der Waals surface area contributed by atoms with Crippen molar-refractivity contribution in [1.29, 1.82) is 0 Å². The number of aliphatic imine (C=N–C) groups is 1. The number of hydrogen-bond donors (Lipinski definition) is 2. The van der Waals surface area contributed by atoms with Gasteiger partial charge in [-0.2, -0.15) is 13.2 Å². The van der Waals surface area contributed by atoms with E-state index in [4.69, 9.17) is 0 Å². The molecule has 2 heterocycles. The van der Waals surface area contributed by atoms with Gasteiger partial charge in [-0.1, -0.05) is 30.3 Å². The maximum Gasteiger partial charge on any atom is 0.434 e. The van der Waals surface area contributed by atoms with Crippen LogP contribution in [0.2, 0.25) is 0 Å². The van der Waals surface area contributed by atoms with Crippen molar-refractivity contribution in [2.75, 3.05) is 46.3 Å². The lowest BCUT2D eigenvalue weighted by Gasteiger charge is -2.34. The lowest BCUT2D eigenvalue weighted by atomic mass is 10.2. The Hall–Kier alpha value is -1.44. The second kappa shape index (κ2) is 12.6. The molecule has 0 radical (unpaired) electrons. The molecule has 0 atom stereocenters. The molecule has 3 rings (SSSR count). The van der Waals surface area contributed by atoms with Gasteiger partial charge in [0.25, 0.3) is 0 Å². The highest BCUT2D eigenvalue weighted by Gasteiger charge is 2.33. The van der Waals surface area contributed by atoms with Gasteiger partial charge >= 0.3 is 6.18 Å². The van der Waals surface area contributed by atoms with E-state index >= 15 is 0 Å². The highest BCUT2D eigenvalue weighted by atomic mass is 127. The van der Waals surface area contributed by atoms with Gasteiger partial charge in [-0.3, -0.25) is 14.8 Å². The molecule has 172 valence electrons. The molecule has 1 aromatic carbocycles. The molecule has 2 aromatic rings. The van der Waals surface area contributed by atoms with Gasteiger partial charge < -0.3 is 10.6 Å². The summed E-state index contributed by atoms with van der Waals surface area (Å²) in [6, 6.07) is 10.5. The number of nitrogens with zero attached hydrogens (tertiary/aromatic N) is 4. The zero-order valence-corrected chi connectivity index (χ0v) is 20.5. The van der Waals surface area contributed by atoms with Crippen LogP contribution in [0.1, 0.15) is 16.3 Å². The van der Waals surface area contributed by atoms with Crippen LogP contribution in [-0.4, -0.2) is 67.1 Å². The van der Waals surface area contributed by atoms with Crippen LogP contribution in [0.4, 0.5) is 13.2 Å². The van der Waals surface area contributed by atoms with E-state index in [0.29, 0.717) is 17.5 Å². The summed E-state index contributed by atoms with van der Waals surface area (Å²) in [4.78, 5) is 12.6. The van der Waals surface area contributed by atoms with E-state index in [1.807, 2.05) is 6.07 Å². The first-order valence-corrected chi connectivity index (χ1v) is 10.8. The van der Waals surface area contributed by atoms with Crippen molar-refractivity contribution >= 4 is 41.3 Å². The van der Waals surface area contributed by atoms with Crippen molar-refractivity contribution in [3.05, 3.63) is 52.0 Å². The summed E-state index contributed by atoms with van der Waals surface area (Å²) in [5, 5.41) is 7.64. The van der Waals surface area contributed by atoms with Gasteiger partial charge in [0.2, 0.25) is 0 Å². The second-order valence-corrected chi connectivity index (χ2v) is 8.02. The third kappa shape index (κ3) is 8.54. The monoisotopic (exact) mass is 568 g/mol.